The van der Waals surface area contributed by atoms with Crippen LogP contribution in [0.4, 0.5) is 0 Å². The number of hydrogen-bond acceptors (Lipinski definition) is 2. The van der Waals surface area contributed by atoms with Crippen LogP contribution in [0.5, 0.6) is 0 Å². The third kappa shape index (κ3) is 4.90. The maximum atomic E-state index is 6.22. The molecule has 0 radical (unpaired) electrons. The number of ether oxygens (including phenoxy) is 1. The highest BCUT2D eigenvalue weighted by Crippen LogP contribution is 2.30. The Morgan fingerprint density at radius 2 is 1.76 bits per heavy atom. The number of aromatic nitrogens is 2. The Morgan fingerprint density at radius 1 is 1.00 bits per heavy atom. The molecule has 3 nitrogen and oxygen atoms in total. The van der Waals surface area contributed by atoms with Gasteiger partial charge in [0.05, 0.1) is 12.3 Å². The van der Waals surface area contributed by atoms with Crippen LogP contribution < -0.4 is 0 Å². The normalized spacial score (nSPS) is 12.3. The Bertz CT molecular complexity index is 852. The minimum atomic E-state index is -0.346. The number of halogens is 4. The highest BCUT2D eigenvalue weighted by atomic mass is 35.5. The second-order valence-electron chi connectivity index (χ2n) is 5.46. The van der Waals surface area contributed by atoms with Gasteiger partial charge in [-0.2, -0.15) is 0 Å². The molecule has 2 aromatic carbocycles. The summed E-state index contributed by atoms with van der Waals surface area (Å²) in [6.07, 6.45) is 0.270. The molecular formula is C18H14Cl4N2O. The lowest BCUT2D eigenvalue weighted by molar-refractivity contribution is 0.0375. The molecule has 0 saturated carbocycles. The van der Waals surface area contributed by atoms with E-state index in [0.717, 1.165) is 11.1 Å². The van der Waals surface area contributed by atoms with Crippen LogP contribution >= 0.6 is 46.4 Å². The molecule has 0 aliphatic heterocycles. The molecule has 3 rings (SSSR count). The van der Waals surface area contributed by atoms with Gasteiger partial charge in [0.1, 0.15) is 6.10 Å². The van der Waals surface area contributed by atoms with E-state index in [1.54, 1.807) is 12.1 Å². The van der Waals surface area contributed by atoms with Gasteiger partial charge < -0.3 is 9.72 Å². The zero-order chi connectivity index (χ0) is 17.8. The Hall–Kier alpha value is -1.23. The number of aromatic amines is 1. The van der Waals surface area contributed by atoms with Gasteiger partial charge in [-0.25, -0.2) is 4.98 Å². The van der Waals surface area contributed by atoms with Crippen LogP contribution in [-0.4, -0.2) is 9.97 Å². The largest absolute Gasteiger partial charge is 0.367 e. The van der Waals surface area contributed by atoms with Gasteiger partial charge in [0.25, 0.3) is 0 Å². The summed E-state index contributed by atoms with van der Waals surface area (Å²) in [6, 6.07) is 15.3. The fourth-order valence-corrected chi connectivity index (χ4v) is 3.40. The first kappa shape index (κ1) is 18.6. The molecule has 0 aliphatic carbocycles. The van der Waals surface area contributed by atoms with Crippen molar-refractivity contribution >= 4 is 46.4 Å². The molecule has 0 bridgehead atoms. The summed E-state index contributed by atoms with van der Waals surface area (Å²) in [5.74, 6) is 0. The molecule has 7 heteroatoms. The number of H-pyrrole nitrogens is 1. The lowest BCUT2D eigenvalue weighted by Gasteiger charge is -2.18. The molecule has 1 atom stereocenters. The molecule has 3 aromatic rings. The number of nitrogens with one attached hydrogen (secondary N) is 1. The average molecular weight is 416 g/mol. The number of imidazole rings is 1. The van der Waals surface area contributed by atoms with E-state index in [2.05, 4.69) is 9.97 Å². The van der Waals surface area contributed by atoms with Crippen LogP contribution in [0.15, 0.2) is 48.5 Å². The van der Waals surface area contributed by atoms with Crippen molar-refractivity contribution in [2.24, 2.45) is 0 Å². The molecule has 1 aromatic heterocycles. The maximum Gasteiger partial charge on any atom is 0.201 e. The first-order valence-corrected chi connectivity index (χ1v) is 9.04. The lowest BCUT2D eigenvalue weighted by Crippen LogP contribution is -2.09. The summed E-state index contributed by atoms with van der Waals surface area (Å²) in [7, 11) is 0. The third-order valence-electron chi connectivity index (χ3n) is 3.70. The zero-order valence-corrected chi connectivity index (χ0v) is 16.0. The first-order valence-electron chi connectivity index (χ1n) is 7.53. The van der Waals surface area contributed by atoms with E-state index in [1.807, 2.05) is 36.4 Å². The molecule has 1 heterocycles. The second-order valence-corrected chi connectivity index (χ2v) is 7.02. The Kier molecular flexibility index (Phi) is 6.26. The van der Waals surface area contributed by atoms with Gasteiger partial charge in [-0.3, -0.25) is 0 Å². The summed E-state index contributed by atoms with van der Waals surface area (Å²) in [6.45, 7) is 0.306. The predicted molar refractivity (Wildman–Crippen MR) is 103 cm³/mol. The summed E-state index contributed by atoms with van der Waals surface area (Å²) < 4.78 is 6.09. The van der Waals surface area contributed by atoms with Crippen molar-refractivity contribution in [3.63, 3.8) is 0 Å². The van der Waals surface area contributed by atoms with E-state index in [0.29, 0.717) is 33.9 Å². The van der Waals surface area contributed by atoms with E-state index < -0.39 is 0 Å². The zero-order valence-electron chi connectivity index (χ0n) is 13.0. The van der Waals surface area contributed by atoms with E-state index in [1.165, 1.54) is 0 Å². The van der Waals surface area contributed by atoms with Crippen LogP contribution in [0.1, 0.15) is 22.9 Å². The van der Waals surface area contributed by atoms with E-state index in [-0.39, 0.29) is 11.4 Å². The monoisotopic (exact) mass is 414 g/mol. The third-order valence-corrected chi connectivity index (χ3v) is 4.75. The van der Waals surface area contributed by atoms with E-state index in [9.17, 15) is 0 Å². The number of hydrogen-bond donors (Lipinski definition) is 1. The van der Waals surface area contributed by atoms with Crippen LogP contribution in [-0.2, 0) is 17.8 Å². The summed E-state index contributed by atoms with van der Waals surface area (Å²) in [5.41, 5.74) is 2.59. The number of nitrogens with zero attached hydrogens (tertiary/aromatic N) is 1. The van der Waals surface area contributed by atoms with Crippen molar-refractivity contribution in [1.82, 2.24) is 9.97 Å². The van der Waals surface area contributed by atoms with Crippen molar-refractivity contribution < 1.29 is 4.74 Å². The average Bonchev–Trinajstić information content (AvgIpc) is 2.92. The minimum Gasteiger partial charge on any atom is -0.367 e. The molecule has 0 aliphatic rings. The maximum absolute atomic E-state index is 6.22. The second kappa shape index (κ2) is 8.43. The molecule has 1 unspecified atom stereocenters. The smallest absolute Gasteiger partial charge is 0.201 e. The summed E-state index contributed by atoms with van der Waals surface area (Å²) in [5, 5.41) is 1.66. The fraction of sp³-hybridized carbons (Fsp3) is 0.167. The van der Waals surface area contributed by atoms with Crippen LogP contribution in [0, 0.1) is 0 Å². The molecule has 0 amide bonds. The van der Waals surface area contributed by atoms with Crippen molar-refractivity contribution in [3.8, 4) is 0 Å². The molecule has 130 valence electrons. The van der Waals surface area contributed by atoms with E-state index >= 15 is 0 Å². The highest BCUT2D eigenvalue weighted by molar-refractivity contribution is 6.35. The first-order chi connectivity index (χ1) is 12.0. The number of rotatable bonds is 6. The van der Waals surface area contributed by atoms with Gasteiger partial charge in [0.15, 0.2) is 5.15 Å². The summed E-state index contributed by atoms with van der Waals surface area (Å²) >= 11 is 24.3. The molecule has 25 heavy (non-hydrogen) atoms. The van der Waals surface area contributed by atoms with Crippen LogP contribution in [0.25, 0.3) is 0 Å². The highest BCUT2D eigenvalue weighted by Gasteiger charge is 2.20. The Morgan fingerprint density at radius 3 is 2.40 bits per heavy atom. The van der Waals surface area contributed by atoms with Gasteiger partial charge in [0.2, 0.25) is 5.28 Å². The quantitative estimate of drug-likeness (QED) is 0.497. The van der Waals surface area contributed by atoms with Gasteiger partial charge in [-0.15, -0.1) is 0 Å². The lowest BCUT2D eigenvalue weighted by atomic mass is 10.1. The molecular weight excluding hydrogens is 402 g/mol. The molecule has 0 saturated heterocycles. The van der Waals surface area contributed by atoms with Gasteiger partial charge in [0, 0.05) is 16.5 Å². The van der Waals surface area contributed by atoms with Crippen LogP contribution in [0.3, 0.4) is 0 Å². The van der Waals surface area contributed by atoms with Gasteiger partial charge in [-0.05, 0) is 34.9 Å². The van der Waals surface area contributed by atoms with Gasteiger partial charge in [-0.1, -0.05) is 71.2 Å². The molecule has 0 fully saturated rings. The standard InChI is InChI=1S/C18H14Cl4N2O/c19-13-7-6-12(14(20)9-13)10-25-15(8-11-4-2-1-3-5-11)16-17(21)24-18(22)23-16/h1-7,9,15H,8,10H2,(H,23,24). The SMILES string of the molecule is Clc1ccc(COC(Cc2ccccc2)c2[nH]c(Cl)nc2Cl)c(Cl)c1. The van der Waals surface area contributed by atoms with Crippen molar-refractivity contribution in [2.45, 2.75) is 19.1 Å². The molecule has 1 N–H and O–H groups in total. The number of benzene rings is 2. The topological polar surface area (TPSA) is 37.9 Å². The molecule has 0 spiro atoms. The Balaban J connectivity index is 1.82. The Labute approximate surface area is 165 Å². The van der Waals surface area contributed by atoms with Crippen molar-refractivity contribution in [3.05, 3.63) is 85.8 Å². The summed E-state index contributed by atoms with van der Waals surface area (Å²) in [4.78, 5) is 6.98. The van der Waals surface area contributed by atoms with E-state index in [4.69, 9.17) is 51.1 Å². The minimum absolute atomic E-state index is 0.228. The van der Waals surface area contributed by atoms with Crippen molar-refractivity contribution in [2.75, 3.05) is 0 Å². The van der Waals surface area contributed by atoms with Crippen molar-refractivity contribution in [1.29, 1.82) is 0 Å². The van der Waals surface area contributed by atoms with Crippen LogP contribution in [0.2, 0.25) is 20.5 Å². The fourth-order valence-electron chi connectivity index (χ4n) is 2.45. The predicted octanol–water partition coefficient (Wildman–Crippen LogP) is 6.52. The van der Waals surface area contributed by atoms with Gasteiger partial charge >= 0.3 is 0 Å².